The molecular formula is C18H31Cl2N7. The lowest BCUT2D eigenvalue weighted by Gasteiger charge is -2.27. The molecule has 0 saturated heterocycles. The Kier molecular flexibility index (Phi) is 7.54. The van der Waals surface area contributed by atoms with Gasteiger partial charge in [0.05, 0.1) is 6.33 Å². The Hall–Kier alpha value is -1.31. The van der Waals surface area contributed by atoms with Crippen molar-refractivity contribution < 1.29 is 0 Å². The molecule has 4 N–H and O–H groups in total. The van der Waals surface area contributed by atoms with Gasteiger partial charge < -0.3 is 20.9 Å². The number of nitrogens with zero attached hydrogens (tertiary/aromatic N) is 4. The van der Waals surface area contributed by atoms with Crippen LogP contribution in [0, 0.1) is 5.92 Å². The summed E-state index contributed by atoms with van der Waals surface area (Å²) in [5.41, 5.74) is 7.79. The summed E-state index contributed by atoms with van der Waals surface area (Å²) in [6.07, 6.45) is 8.79. The minimum Gasteiger partial charge on any atom is -0.368 e. The van der Waals surface area contributed by atoms with Crippen LogP contribution >= 0.6 is 24.8 Å². The van der Waals surface area contributed by atoms with Gasteiger partial charge in [0, 0.05) is 24.7 Å². The number of anilines is 2. The highest BCUT2D eigenvalue weighted by molar-refractivity contribution is 5.86. The van der Waals surface area contributed by atoms with E-state index in [1.165, 1.54) is 12.8 Å². The van der Waals surface area contributed by atoms with E-state index in [9.17, 15) is 0 Å². The van der Waals surface area contributed by atoms with Crippen LogP contribution in [0.5, 0.6) is 0 Å². The van der Waals surface area contributed by atoms with Gasteiger partial charge in [0.1, 0.15) is 0 Å². The van der Waals surface area contributed by atoms with Gasteiger partial charge in [-0.15, -0.1) is 24.8 Å². The van der Waals surface area contributed by atoms with Crippen molar-refractivity contribution in [2.24, 2.45) is 11.7 Å². The number of aromatic nitrogens is 4. The fraction of sp³-hybridized carbons (Fsp3) is 0.722. The number of nitrogens with two attached hydrogens (primary N) is 1. The van der Waals surface area contributed by atoms with Crippen molar-refractivity contribution in [3.8, 4) is 0 Å². The Balaban J connectivity index is 0.00000131. The Morgan fingerprint density at radius 3 is 2.44 bits per heavy atom. The maximum Gasteiger partial charge on any atom is 0.227 e. The minimum atomic E-state index is 0. The number of rotatable bonds is 6. The molecule has 9 heteroatoms. The van der Waals surface area contributed by atoms with Gasteiger partial charge in [0.25, 0.3) is 0 Å². The largest absolute Gasteiger partial charge is 0.368 e. The second-order valence-electron chi connectivity index (χ2n) is 7.89. The molecule has 2 aliphatic rings. The zero-order valence-electron chi connectivity index (χ0n) is 16.0. The molecule has 0 aromatic carbocycles. The molecule has 0 aliphatic heterocycles. The first-order chi connectivity index (χ1) is 12.1. The molecule has 2 aliphatic carbocycles. The molecule has 7 nitrogen and oxygen atoms in total. The van der Waals surface area contributed by atoms with Crippen LogP contribution in [-0.2, 0) is 0 Å². The first-order valence-corrected chi connectivity index (χ1v) is 9.60. The first-order valence-electron chi connectivity index (χ1n) is 9.60. The molecule has 0 spiro atoms. The lowest BCUT2D eigenvalue weighted by atomic mass is 9.92. The summed E-state index contributed by atoms with van der Waals surface area (Å²) in [5.74, 6) is 2.34. The maximum absolute atomic E-state index is 6.02. The number of hydrogen-bond donors (Lipinski definition) is 3. The van der Waals surface area contributed by atoms with Crippen LogP contribution in [0.3, 0.4) is 0 Å². The smallest absolute Gasteiger partial charge is 0.227 e. The quantitative estimate of drug-likeness (QED) is 0.664. The van der Waals surface area contributed by atoms with E-state index >= 15 is 0 Å². The maximum atomic E-state index is 6.02. The monoisotopic (exact) mass is 415 g/mol. The SMILES string of the molecule is CC(C)n1cnc2c(NCC3CC3)nc(NC3CCC(N)CC3)nc21.Cl.Cl. The lowest BCUT2D eigenvalue weighted by Crippen LogP contribution is -2.33. The number of nitrogens with one attached hydrogen (secondary N) is 2. The van der Waals surface area contributed by atoms with Crippen molar-refractivity contribution in [3.05, 3.63) is 6.33 Å². The van der Waals surface area contributed by atoms with Gasteiger partial charge in [0.15, 0.2) is 17.0 Å². The van der Waals surface area contributed by atoms with Crippen LogP contribution < -0.4 is 16.4 Å². The van der Waals surface area contributed by atoms with Crippen LogP contribution in [-0.4, -0.2) is 38.1 Å². The summed E-state index contributed by atoms with van der Waals surface area (Å²) in [6, 6.07) is 1.07. The Morgan fingerprint density at radius 1 is 1.11 bits per heavy atom. The first kappa shape index (κ1) is 22.0. The third-order valence-corrected chi connectivity index (χ3v) is 5.34. The van der Waals surface area contributed by atoms with Gasteiger partial charge >= 0.3 is 0 Å². The van der Waals surface area contributed by atoms with Crippen molar-refractivity contribution in [1.82, 2.24) is 19.5 Å². The molecule has 2 aromatic rings. The second-order valence-corrected chi connectivity index (χ2v) is 7.89. The molecule has 0 atom stereocenters. The van der Waals surface area contributed by atoms with Crippen molar-refractivity contribution in [3.63, 3.8) is 0 Å². The van der Waals surface area contributed by atoms with Gasteiger partial charge in [-0.05, 0) is 58.3 Å². The van der Waals surface area contributed by atoms with Gasteiger partial charge in [-0.25, -0.2) is 4.98 Å². The average Bonchev–Trinajstić information content (AvgIpc) is 3.32. The number of fused-ring (bicyclic) bond motifs is 1. The Bertz CT molecular complexity index is 737. The molecule has 0 bridgehead atoms. The Labute approximate surface area is 173 Å². The summed E-state index contributed by atoms with van der Waals surface area (Å²) >= 11 is 0. The van der Waals surface area contributed by atoms with E-state index < -0.39 is 0 Å². The highest BCUT2D eigenvalue weighted by Gasteiger charge is 2.23. The molecule has 0 unspecified atom stereocenters. The molecule has 2 heterocycles. The minimum absolute atomic E-state index is 0. The predicted molar refractivity (Wildman–Crippen MR) is 115 cm³/mol. The summed E-state index contributed by atoms with van der Waals surface area (Å²) < 4.78 is 2.11. The van der Waals surface area contributed by atoms with Crippen LogP contribution in [0.25, 0.3) is 11.2 Å². The lowest BCUT2D eigenvalue weighted by molar-refractivity contribution is 0.410. The van der Waals surface area contributed by atoms with E-state index in [4.69, 9.17) is 15.7 Å². The third kappa shape index (κ3) is 5.15. The van der Waals surface area contributed by atoms with E-state index in [0.29, 0.717) is 24.1 Å². The van der Waals surface area contributed by atoms with Crippen molar-refractivity contribution in [2.45, 2.75) is 70.5 Å². The Morgan fingerprint density at radius 2 is 1.81 bits per heavy atom. The van der Waals surface area contributed by atoms with E-state index in [2.05, 4.69) is 34.0 Å². The third-order valence-electron chi connectivity index (χ3n) is 5.34. The van der Waals surface area contributed by atoms with E-state index in [1.807, 2.05) is 6.33 Å². The summed E-state index contributed by atoms with van der Waals surface area (Å²) in [7, 11) is 0. The van der Waals surface area contributed by atoms with Crippen molar-refractivity contribution in [1.29, 1.82) is 0 Å². The molecule has 2 fully saturated rings. The average molecular weight is 416 g/mol. The van der Waals surface area contributed by atoms with E-state index in [0.717, 1.165) is 55.1 Å². The second kappa shape index (κ2) is 9.26. The van der Waals surface area contributed by atoms with E-state index in [1.54, 1.807) is 0 Å². The van der Waals surface area contributed by atoms with Crippen LogP contribution in [0.15, 0.2) is 6.33 Å². The van der Waals surface area contributed by atoms with Crippen molar-refractivity contribution in [2.75, 3.05) is 17.2 Å². The summed E-state index contributed by atoms with van der Waals surface area (Å²) in [5, 5.41) is 7.03. The molecular weight excluding hydrogens is 385 g/mol. The topological polar surface area (TPSA) is 93.7 Å². The fourth-order valence-corrected chi connectivity index (χ4v) is 3.49. The summed E-state index contributed by atoms with van der Waals surface area (Å²) in [6.45, 7) is 5.27. The van der Waals surface area contributed by atoms with Crippen LogP contribution in [0.2, 0.25) is 0 Å². The number of hydrogen-bond acceptors (Lipinski definition) is 6. The highest BCUT2D eigenvalue weighted by Crippen LogP contribution is 2.30. The van der Waals surface area contributed by atoms with Crippen LogP contribution in [0.4, 0.5) is 11.8 Å². The molecule has 2 aromatic heterocycles. The normalized spacial score (nSPS) is 22.2. The zero-order chi connectivity index (χ0) is 17.4. The van der Waals surface area contributed by atoms with Gasteiger partial charge in [-0.1, -0.05) is 0 Å². The molecule has 0 radical (unpaired) electrons. The fourth-order valence-electron chi connectivity index (χ4n) is 3.49. The molecule has 27 heavy (non-hydrogen) atoms. The molecule has 2 saturated carbocycles. The molecule has 4 rings (SSSR count). The summed E-state index contributed by atoms with van der Waals surface area (Å²) in [4.78, 5) is 14.1. The standard InChI is InChI=1S/C18H29N7.2ClH/c1-11(2)25-10-21-15-16(20-9-12-3-4-12)23-18(24-17(15)25)22-14-7-5-13(19)6-8-14;;/h10-14H,3-9,19H2,1-2H3,(H2,20,22,23,24);2*1H. The van der Waals surface area contributed by atoms with E-state index in [-0.39, 0.29) is 24.8 Å². The number of halogens is 2. The predicted octanol–water partition coefficient (Wildman–Crippen LogP) is 3.75. The van der Waals surface area contributed by atoms with Gasteiger partial charge in [-0.2, -0.15) is 9.97 Å². The molecule has 0 amide bonds. The van der Waals surface area contributed by atoms with Crippen molar-refractivity contribution >= 4 is 47.7 Å². The number of imidazole rings is 1. The van der Waals surface area contributed by atoms with Gasteiger partial charge in [0.2, 0.25) is 5.95 Å². The molecule has 152 valence electrons. The highest BCUT2D eigenvalue weighted by atomic mass is 35.5. The van der Waals surface area contributed by atoms with Crippen LogP contribution in [0.1, 0.15) is 58.4 Å². The zero-order valence-corrected chi connectivity index (χ0v) is 17.7. The van der Waals surface area contributed by atoms with Gasteiger partial charge in [-0.3, -0.25) is 0 Å².